The van der Waals surface area contributed by atoms with Gasteiger partial charge in [0.25, 0.3) is 5.91 Å². The summed E-state index contributed by atoms with van der Waals surface area (Å²) in [5.41, 5.74) is 2.78. The van der Waals surface area contributed by atoms with Gasteiger partial charge >= 0.3 is 0 Å². The highest BCUT2D eigenvalue weighted by molar-refractivity contribution is 5.94. The number of carbonyl (C=O) groups is 1. The van der Waals surface area contributed by atoms with Gasteiger partial charge in [0, 0.05) is 19.2 Å². The van der Waals surface area contributed by atoms with Crippen molar-refractivity contribution < 1.29 is 14.3 Å². The molecule has 0 aliphatic carbocycles. The van der Waals surface area contributed by atoms with Crippen LogP contribution >= 0.6 is 0 Å². The van der Waals surface area contributed by atoms with Crippen LogP contribution in [0.5, 0.6) is 5.75 Å². The zero-order chi connectivity index (χ0) is 15.8. The van der Waals surface area contributed by atoms with E-state index >= 15 is 0 Å². The Hall–Kier alpha value is -2.33. The number of carbonyl (C=O) groups excluding carboxylic acids is 1. The quantitative estimate of drug-likeness (QED) is 0.800. The summed E-state index contributed by atoms with van der Waals surface area (Å²) in [6.45, 7) is 3.55. The van der Waals surface area contributed by atoms with Crippen molar-refractivity contribution in [1.29, 1.82) is 0 Å². The normalized spacial score (nSPS) is 10.3. The van der Waals surface area contributed by atoms with Crippen molar-refractivity contribution >= 4 is 5.91 Å². The summed E-state index contributed by atoms with van der Waals surface area (Å²) >= 11 is 0. The predicted molar refractivity (Wildman–Crippen MR) is 86.2 cm³/mol. The first-order valence-corrected chi connectivity index (χ1v) is 7.24. The van der Waals surface area contributed by atoms with Gasteiger partial charge in [-0.25, -0.2) is 0 Å². The molecule has 2 aromatic rings. The second-order valence-corrected chi connectivity index (χ2v) is 5.04. The molecule has 0 radical (unpaired) electrons. The largest absolute Gasteiger partial charge is 0.491 e. The molecule has 0 aliphatic rings. The van der Waals surface area contributed by atoms with Crippen LogP contribution in [0.4, 0.5) is 0 Å². The molecule has 0 atom stereocenters. The van der Waals surface area contributed by atoms with Crippen LogP contribution in [-0.4, -0.2) is 26.2 Å². The van der Waals surface area contributed by atoms with E-state index in [2.05, 4.69) is 5.32 Å². The minimum atomic E-state index is -0.0656. The molecule has 0 unspecified atom stereocenters. The van der Waals surface area contributed by atoms with Gasteiger partial charge in [0.05, 0.1) is 6.61 Å². The number of rotatable bonds is 7. The summed E-state index contributed by atoms with van der Waals surface area (Å²) in [6, 6.07) is 15.2. The smallest absolute Gasteiger partial charge is 0.251 e. The third kappa shape index (κ3) is 4.90. The number of aryl methyl sites for hydroxylation is 1. The van der Waals surface area contributed by atoms with E-state index in [0.717, 1.165) is 16.9 Å². The monoisotopic (exact) mass is 299 g/mol. The summed E-state index contributed by atoms with van der Waals surface area (Å²) in [4.78, 5) is 12.1. The SMILES string of the molecule is COCCOc1ccc(CNC(=O)c2cccc(C)c2)cc1. The molecule has 0 heterocycles. The molecule has 2 rings (SSSR count). The van der Waals surface area contributed by atoms with Gasteiger partial charge in [-0.05, 0) is 36.8 Å². The van der Waals surface area contributed by atoms with E-state index in [-0.39, 0.29) is 5.91 Å². The number of hydrogen-bond acceptors (Lipinski definition) is 3. The van der Waals surface area contributed by atoms with E-state index in [0.29, 0.717) is 25.3 Å². The maximum atomic E-state index is 12.1. The first kappa shape index (κ1) is 16.0. The highest BCUT2D eigenvalue weighted by atomic mass is 16.5. The van der Waals surface area contributed by atoms with Crippen LogP contribution in [0.1, 0.15) is 21.5 Å². The van der Waals surface area contributed by atoms with Gasteiger partial charge in [-0.2, -0.15) is 0 Å². The molecule has 0 aliphatic heterocycles. The Labute approximate surface area is 131 Å². The standard InChI is InChI=1S/C18H21NO3/c1-14-4-3-5-16(12-14)18(20)19-13-15-6-8-17(9-7-15)22-11-10-21-2/h3-9,12H,10-11,13H2,1-2H3,(H,19,20). The van der Waals surface area contributed by atoms with E-state index in [1.807, 2.05) is 55.5 Å². The lowest BCUT2D eigenvalue weighted by Crippen LogP contribution is -2.22. The van der Waals surface area contributed by atoms with Crippen LogP contribution in [0, 0.1) is 6.92 Å². The molecule has 1 N–H and O–H groups in total. The van der Waals surface area contributed by atoms with Crippen molar-refractivity contribution in [3.63, 3.8) is 0 Å². The maximum absolute atomic E-state index is 12.1. The number of ether oxygens (including phenoxy) is 2. The Morgan fingerprint density at radius 2 is 1.86 bits per heavy atom. The van der Waals surface area contributed by atoms with Gasteiger partial charge < -0.3 is 14.8 Å². The van der Waals surface area contributed by atoms with Gasteiger partial charge in [0.1, 0.15) is 12.4 Å². The van der Waals surface area contributed by atoms with Gasteiger partial charge in [-0.1, -0.05) is 29.8 Å². The fourth-order valence-corrected chi connectivity index (χ4v) is 2.02. The third-order valence-corrected chi connectivity index (χ3v) is 3.21. The molecule has 22 heavy (non-hydrogen) atoms. The van der Waals surface area contributed by atoms with Crippen molar-refractivity contribution in [3.8, 4) is 5.75 Å². The van der Waals surface area contributed by atoms with Crippen LogP contribution in [0.15, 0.2) is 48.5 Å². The lowest BCUT2D eigenvalue weighted by molar-refractivity contribution is 0.0951. The highest BCUT2D eigenvalue weighted by Crippen LogP contribution is 2.12. The molecule has 0 bridgehead atoms. The van der Waals surface area contributed by atoms with Gasteiger partial charge in [0.2, 0.25) is 0 Å². The molecule has 4 nitrogen and oxygen atoms in total. The lowest BCUT2D eigenvalue weighted by atomic mass is 10.1. The average Bonchev–Trinajstić information content (AvgIpc) is 2.54. The van der Waals surface area contributed by atoms with Crippen LogP contribution in [0.25, 0.3) is 0 Å². The van der Waals surface area contributed by atoms with E-state index in [4.69, 9.17) is 9.47 Å². The van der Waals surface area contributed by atoms with E-state index < -0.39 is 0 Å². The molecule has 0 aromatic heterocycles. The number of nitrogens with one attached hydrogen (secondary N) is 1. The second kappa shape index (κ2) is 8.20. The fourth-order valence-electron chi connectivity index (χ4n) is 2.02. The van der Waals surface area contributed by atoms with Gasteiger partial charge in [-0.3, -0.25) is 4.79 Å². The highest BCUT2D eigenvalue weighted by Gasteiger charge is 2.05. The van der Waals surface area contributed by atoms with Crippen LogP contribution in [0.3, 0.4) is 0 Å². The molecule has 0 fully saturated rings. The van der Waals surface area contributed by atoms with E-state index in [1.165, 1.54) is 0 Å². The molecule has 0 spiro atoms. The van der Waals surface area contributed by atoms with Gasteiger partial charge in [0.15, 0.2) is 0 Å². The minimum absolute atomic E-state index is 0.0656. The first-order chi connectivity index (χ1) is 10.7. The fraction of sp³-hybridized carbons (Fsp3) is 0.278. The van der Waals surface area contributed by atoms with Crippen molar-refractivity contribution in [2.75, 3.05) is 20.3 Å². The number of hydrogen-bond donors (Lipinski definition) is 1. The molecule has 116 valence electrons. The Bertz CT molecular complexity index is 608. The molecule has 1 amide bonds. The van der Waals surface area contributed by atoms with Crippen molar-refractivity contribution in [2.45, 2.75) is 13.5 Å². The minimum Gasteiger partial charge on any atom is -0.491 e. The summed E-state index contributed by atoms with van der Waals surface area (Å²) in [5.74, 6) is 0.731. The average molecular weight is 299 g/mol. The van der Waals surface area contributed by atoms with Gasteiger partial charge in [-0.15, -0.1) is 0 Å². The first-order valence-electron chi connectivity index (χ1n) is 7.24. The van der Waals surface area contributed by atoms with Crippen LogP contribution < -0.4 is 10.1 Å². The van der Waals surface area contributed by atoms with Crippen LogP contribution in [0.2, 0.25) is 0 Å². The van der Waals surface area contributed by atoms with Crippen LogP contribution in [-0.2, 0) is 11.3 Å². The predicted octanol–water partition coefficient (Wildman–Crippen LogP) is 2.95. The Kier molecular flexibility index (Phi) is 5.98. The maximum Gasteiger partial charge on any atom is 0.251 e. The number of benzene rings is 2. The summed E-state index contributed by atoms with van der Waals surface area (Å²) in [5, 5.41) is 2.91. The molecule has 4 heteroatoms. The summed E-state index contributed by atoms with van der Waals surface area (Å²) in [6.07, 6.45) is 0. The molecule has 0 saturated carbocycles. The zero-order valence-corrected chi connectivity index (χ0v) is 13.0. The van der Waals surface area contributed by atoms with Crippen molar-refractivity contribution in [1.82, 2.24) is 5.32 Å². The number of methoxy groups -OCH3 is 1. The topological polar surface area (TPSA) is 47.6 Å². The van der Waals surface area contributed by atoms with E-state index in [9.17, 15) is 4.79 Å². The second-order valence-electron chi connectivity index (χ2n) is 5.04. The molecular formula is C18H21NO3. The Balaban J connectivity index is 1.85. The molecule has 0 saturated heterocycles. The molecule has 2 aromatic carbocycles. The van der Waals surface area contributed by atoms with Crippen molar-refractivity contribution in [2.24, 2.45) is 0 Å². The Morgan fingerprint density at radius 3 is 2.55 bits per heavy atom. The lowest BCUT2D eigenvalue weighted by Gasteiger charge is -2.08. The molecular weight excluding hydrogens is 278 g/mol. The third-order valence-electron chi connectivity index (χ3n) is 3.21. The zero-order valence-electron chi connectivity index (χ0n) is 13.0. The van der Waals surface area contributed by atoms with E-state index in [1.54, 1.807) is 7.11 Å². The summed E-state index contributed by atoms with van der Waals surface area (Å²) < 4.78 is 10.4. The summed E-state index contributed by atoms with van der Waals surface area (Å²) in [7, 11) is 1.64. The number of amides is 1. The van der Waals surface area contributed by atoms with Crippen molar-refractivity contribution in [3.05, 3.63) is 65.2 Å². The Morgan fingerprint density at radius 1 is 1.09 bits per heavy atom.